The van der Waals surface area contributed by atoms with Crippen LogP contribution in [0.1, 0.15) is 55.9 Å². The predicted octanol–water partition coefficient (Wildman–Crippen LogP) is 18.8. The summed E-state index contributed by atoms with van der Waals surface area (Å²) in [7, 11) is 0. The minimum Gasteiger partial charge on any atom is -0.284 e. The molecular weight excluding hydrogens is 1160 g/mol. The third-order valence-electron chi connectivity index (χ3n) is 17.9. The van der Waals surface area contributed by atoms with Gasteiger partial charge in [-0.05, 0) is 79.7 Å². The maximum atomic E-state index is 5.99. The minimum atomic E-state index is -0.557. The zero-order chi connectivity index (χ0) is 62.1. The van der Waals surface area contributed by atoms with Crippen molar-refractivity contribution in [2.45, 2.75) is 17.3 Å². The summed E-state index contributed by atoms with van der Waals surface area (Å²) in [5.74, 6) is 2.96. The third kappa shape index (κ3) is 9.81. The van der Waals surface area contributed by atoms with E-state index in [0.717, 1.165) is 56.5 Å². The van der Waals surface area contributed by atoms with Gasteiger partial charge in [-0.2, -0.15) is 19.9 Å². The van der Waals surface area contributed by atoms with Crippen molar-refractivity contribution < 1.29 is 0 Å². The van der Waals surface area contributed by atoms with Crippen molar-refractivity contribution in [1.29, 1.82) is 0 Å². The number of aromatic nitrogens is 9. The Hall–Kier alpha value is -11.9. The molecule has 0 atom stereocenters. The van der Waals surface area contributed by atoms with Gasteiger partial charge in [0.25, 0.3) is 0 Å². The Kier molecular flexibility index (Phi) is 14.6. The van der Waals surface area contributed by atoms with E-state index in [2.05, 4.69) is 215 Å². The van der Waals surface area contributed by atoms with Gasteiger partial charge in [0, 0.05) is 51.2 Å². The first-order valence-electron chi connectivity index (χ1n) is 31.1. The molecule has 18 rings (SSSR count). The van der Waals surface area contributed by atoms with Crippen LogP contribution < -0.4 is 0 Å². The molecule has 10 aromatic carbocycles. The van der Waals surface area contributed by atoms with Gasteiger partial charge in [0.15, 0.2) is 23.3 Å². The summed E-state index contributed by atoms with van der Waals surface area (Å²) in [5, 5.41) is 1.31. The average Bonchev–Trinajstić information content (AvgIpc) is 1.55. The van der Waals surface area contributed by atoms with E-state index >= 15 is 0 Å². The van der Waals surface area contributed by atoms with Gasteiger partial charge in [0.2, 0.25) is 11.2 Å². The van der Waals surface area contributed by atoms with E-state index in [-0.39, 0.29) is 10.7 Å². The fourth-order valence-electron chi connectivity index (χ4n) is 13.9. The van der Waals surface area contributed by atoms with Crippen molar-refractivity contribution in [3.8, 4) is 73.8 Å². The van der Waals surface area contributed by atoms with Gasteiger partial charge < -0.3 is 0 Å². The van der Waals surface area contributed by atoms with E-state index in [1.165, 1.54) is 61.2 Å². The lowest BCUT2D eigenvalue weighted by Crippen LogP contribution is -2.29. The van der Waals surface area contributed by atoms with Crippen molar-refractivity contribution >= 4 is 28.6 Å². The number of hydrogen-bond acceptors (Lipinski definition) is 8. The molecule has 9 nitrogen and oxygen atoms in total. The number of allylic oxidation sites excluding steroid dienone is 1. The molecule has 0 aliphatic heterocycles. The number of nitrogens with zero attached hydrogens (tertiary/aromatic N) is 9. The van der Waals surface area contributed by atoms with Crippen LogP contribution in [-0.4, -0.2) is 44.4 Å². The highest BCUT2D eigenvalue weighted by molar-refractivity contribution is 6.28. The molecule has 0 radical (unpaired) electrons. The lowest BCUT2D eigenvalue weighted by molar-refractivity contribution is 0.737. The van der Waals surface area contributed by atoms with Gasteiger partial charge in [-0.25, -0.2) is 9.97 Å². The van der Waals surface area contributed by atoms with E-state index in [9.17, 15) is 0 Å². The predicted molar refractivity (Wildman–Crippen MR) is 373 cm³/mol. The molecule has 0 bridgehead atoms. The molecule has 0 unspecified atom stereocenters. The third-order valence-corrected chi connectivity index (χ3v) is 18.1. The highest BCUT2D eigenvalue weighted by Crippen LogP contribution is 2.59. The molecule has 10 heteroatoms. The van der Waals surface area contributed by atoms with Crippen LogP contribution >= 0.6 is 11.6 Å². The maximum Gasteiger partial charge on any atom is 0.238 e. The zero-order valence-corrected chi connectivity index (χ0v) is 51.0. The fraction of sp³-hybridized carbons (Fsp3) is 0.0361. The lowest BCUT2D eigenvalue weighted by atomic mass is 9.69. The molecule has 93 heavy (non-hydrogen) atoms. The van der Waals surface area contributed by atoms with Crippen molar-refractivity contribution in [2.75, 3.05) is 0 Å². The summed E-state index contributed by atoms with van der Waals surface area (Å²) in [4.78, 5) is 38.1. The summed E-state index contributed by atoms with van der Waals surface area (Å²) in [6.45, 7) is 0. The Balaban J connectivity index is 0.000000123. The van der Waals surface area contributed by atoms with Gasteiger partial charge >= 0.3 is 0 Å². The van der Waals surface area contributed by atoms with Crippen molar-refractivity contribution in [2.24, 2.45) is 0 Å². The highest BCUT2D eigenvalue weighted by Gasteiger charge is 2.50. The molecule has 0 amide bonds. The van der Waals surface area contributed by atoms with E-state index < -0.39 is 5.41 Å². The van der Waals surface area contributed by atoms with Gasteiger partial charge in [0.05, 0.1) is 33.9 Å². The average molecular weight is 1210 g/mol. The normalized spacial score (nSPS) is 13.1. The SMILES string of the molecule is C1=Cc2c(cnc3c2-c2ccccc2C3(c2ccccc2)c2ccccc2)C1.Clc1nc(-c2ccccc2)nc(-c2ccccc2)n1.c1ccc(-c2nc(-c3ccccc3)nc(-n3ccc4c5c(ncc43)C(c3ccccc3)(c3ccccc3)c3ccccc3-5)n2)cc1. The number of pyridine rings is 2. The topological polar surface area (TPSA) is 108 Å². The van der Waals surface area contributed by atoms with E-state index in [1.54, 1.807) is 0 Å². The second-order valence-corrected chi connectivity index (χ2v) is 23.4. The molecular formula is C83H56ClN9. The molecule has 0 spiro atoms. The second kappa shape index (κ2) is 24.1. The van der Waals surface area contributed by atoms with E-state index in [0.29, 0.717) is 29.2 Å². The summed E-state index contributed by atoms with van der Waals surface area (Å²) in [6, 6.07) is 102. The Morgan fingerprint density at radius 2 is 0.699 bits per heavy atom. The molecule has 440 valence electrons. The van der Waals surface area contributed by atoms with Crippen LogP contribution in [0.15, 0.2) is 322 Å². The molecule has 15 aromatic rings. The summed E-state index contributed by atoms with van der Waals surface area (Å²) < 4.78 is 2.04. The monoisotopic (exact) mass is 1210 g/mol. The Morgan fingerprint density at radius 3 is 1.13 bits per heavy atom. The fourth-order valence-corrected chi connectivity index (χ4v) is 14.0. The minimum absolute atomic E-state index is 0.202. The summed E-state index contributed by atoms with van der Waals surface area (Å²) in [6.07, 6.45) is 11.6. The number of fused-ring (bicyclic) bond motifs is 10. The zero-order valence-electron chi connectivity index (χ0n) is 50.3. The van der Waals surface area contributed by atoms with Crippen LogP contribution in [0.4, 0.5) is 0 Å². The van der Waals surface area contributed by atoms with Crippen molar-refractivity contribution in [3.05, 3.63) is 383 Å². The Bertz CT molecular complexity index is 5030. The van der Waals surface area contributed by atoms with Crippen molar-refractivity contribution in [1.82, 2.24) is 44.4 Å². The Morgan fingerprint density at radius 1 is 0.344 bits per heavy atom. The molecule has 0 fully saturated rings. The Labute approximate surface area is 543 Å². The van der Waals surface area contributed by atoms with E-state index in [4.69, 9.17) is 36.5 Å². The first-order chi connectivity index (χ1) is 46.1. The first-order valence-corrected chi connectivity index (χ1v) is 31.4. The number of rotatable bonds is 9. The first kappa shape index (κ1) is 56.3. The van der Waals surface area contributed by atoms with Crippen LogP contribution in [0.3, 0.4) is 0 Å². The molecule has 5 aromatic heterocycles. The molecule has 5 heterocycles. The van der Waals surface area contributed by atoms with Crippen LogP contribution in [0.25, 0.3) is 90.7 Å². The molecule has 3 aliphatic rings. The highest BCUT2D eigenvalue weighted by atomic mass is 35.5. The maximum absolute atomic E-state index is 5.99. The standard InChI is InChI=1S/C41H27N5.C27H19N.C15H10ClN3/c1-5-15-28(16-6-1)38-43-39(29-17-7-2-8-18-29)45-40(44-38)46-26-25-33-35(46)27-42-37-36(33)32-23-13-14-24-34(32)41(37,30-19-9-3-10-20-30)31-21-11-4-12-22-31;1-3-11-20(12-4-1)27(21-13-5-2-6-14-21)24-17-8-7-15-23(24)25-22-16-9-10-19(22)18-28-26(25)27;16-15-18-13(11-7-3-1-4-8-11)17-14(19-15)12-9-5-2-6-10-12/h1-27H;1-9,11-18H,10H2;1-10H. The van der Waals surface area contributed by atoms with Crippen LogP contribution in [0.5, 0.6) is 0 Å². The van der Waals surface area contributed by atoms with Crippen LogP contribution in [0.2, 0.25) is 5.28 Å². The van der Waals surface area contributed by atoms with Gasteiger partial charge in [0.1, 0.15) is 0 Å². The van der Waals surface area contributed by atoms with Gasteiger partial charge in [-0.3, -0.25) is 14.5 Å². The number of benzene rings is 10. The van der Waals surface area contributed by atoms with Gasteiger partial charge in [-0.1, -0.05) is 303 Å². The van der Waals surface area contributed by atoms with Crippen molar-refractivity contribution in [3.63, 3.8) is 0 Å². The quantitative estimate of drug-likeness (QED) is 0.141. The molecule has 0 saturated heterocycles. The van der Waals surface area contributed by atoms with Crippen LogP contribution in [-0.2, 0) is 17.3 Å². The lowest BCUT2D eigenvalue weighted by Gasteiger charge is -2.32. The largest absolute Gasteiger partial charge is 0.284 e. The smallest absolute Gasteiger partial charge is 0.238 e. The molecule has 3 aliphatic carbocycles. The second-order valence-electron chi connectivity index (χ2n) is 23.0. The number of hydrogen-bond donors (Lipinski definition) is 0. The van der Waals surface area contributed by atoms with Crippen LogP contribution in [0, 0.1) is 0 Å². The van der Waals surface area contributed by atoms with E-state index in [1.807, 2.05) is 132 Å². The molecule has 0 saturated carbocycles. The summed E-state index contributed by atoms with van der Waals surface area (Å²) >= 11 is 5.99. The summed E-state index contributed by atoms with van der Waals surface area (Å²) in [5.41, 5.74) is 20.9. The number of halogens is 1. The van der Waals surface area contributed by atoms with Gasteiger partial charge in [-0.15, -0.1) is 0 Å². The molecule has 0 N–H and O–H groups in total.